The maximum atomic E-state index is 13.2. The highest BCUT2D eigenvalue weighted by Crippen LogP contribution is 2.19. The molecule has 2 aromatic rings. The van der Waals surface area contributed by atoms with Crippen molar-refractivity contribution in [2.75, 3.05) is 18.4 Å². The fraction of sp³-hybridized carbons (Fsp3) is 0.429. The van der Waals surface area contributed by atoms with Gasteiger partial charge in [0.05, 0.1) is 11.6 Å². The Bertz CT molecular complexity index is 838. The van der Waals surface area contributed by atoms with Crippen LogP contribution in [0.1, 0.15) is 55.8 Å². The third-order valence-electron chi connectivity index (χ3n) is 4.39. The van der Waals surface area contributed by atoms with Crippen molar-refractivity contribution < 1.29 is 13.6 Å². The van der Waals surface area contributed by atoms with E-state index in [4.69, 9.17) is 28.2 Å². The number of hydrogen-bond acceptors (Lipinski definition) is 4. The first-order valence-corrected chi connectivity index (χ1v) is 10.8. The van der Waals surface area contributed by atoms with Gasteiger partial charge in [0, 0.05) is 5.69 Å². The number of nitrogens with zero attached hydrogens (tertiary/aromatic N) is 1. The van der Waals surface area contributed by atoms with Gasteiger partial charge in [-0.05, 0) is 68.5 Å². The van der Waals surface area contributed by atoms with Gasteiger partial charge in [-0.3, -0.25) is 20.5 Å². The average Bonchev–Trinajstić information content (AvgIpc) is 3.19. The number of carbonyl (C=O) groups excluding carboxylic acids is 1. The second-order valence-corrected chi connectivity index (χ2v) is 7.73. The van der Waals surface area contributed by atoms with Crippen molar-refractivity contribution in [2.24, 2.45) is 0 Å². The van der Waals surface area contributed by atoms with Crippen LogP contribution in [0.3, 0.4) is 0 Å². The number of rotatable bonds is 10. The van der Waals surface area contributed by atoms with Crippen LogP contribution in [0.2, 0.25) is 5.02 Å². The number of hydrazine groups is 1. The number of amides is 1. The van der Waals surface area contributed by atoms with Crippen molar-refractivity contribution in [3.8, 4) is 0 Å². The Kier molecular flexibility index (Phi) is 10.1. The van der Waals surface area contributed by atoms with Gasteiger partial charge in [0.15, 0.2) is 10.9 Å². The van der Waals surface area contributed by atoms with E-state index in [0.717, 1.165) is 44.5 Å². The minimum absolute atomic E-state index is 0.0260. The molecule has 9 heteroatoms. The molecule has 1 amide bonds. The van der Waals surface area contributed by atoms with Crippen LogP contribution < -0.4 is 16.2 Å². The molecule has 0 radical (unpaired) electrons. The molecular weight excluding hydrogens is 427 g/mol. The number of furan rings is 1. The molecule has 0 unspecified atom stereocenters. The second kappa shape index (κ2) is 12.5. The summed E-state index contributed by atoms with van der Waals surface area (Å²) in [6.07, 6.45) is 4.53. The number of nitrogens with one attached hydrogen (secondary N) is 3. The summed E-state index contributed by atoms with van der Waals surface area (Å²) in [6, 6.07) is 7.56. The Labute approximate surface area is 187 Å². The fourth-order valence-corrected chi connectivity index (χ4v) is 3.10. The summed E-state index contributed by atoms with van der Waals surface area (Å²) >= 11 is 10.8. The van der Waals surface area contributed by atoms with Crippen LogP contribution in [0.15, 0.2) is 34.7 Å². The van der Waals surface area contributed by atoms with Crippen LogP contribution >= 0.6 is 23.8 Å². The molecule has 0 spiro atoms. The lowest BCUT2D eigenvalue weighted by Gasteiger charge is -2.20. The number of carbonyl (C=O) groups is 1. The van der Waals surface area contributed by atoms with E-state index in [-0.39, 0.29) is 15.9 Å². The molecule has 0 fully saturated rings. The molecule has 164 valence electrons. The van der Waals surface area contributed by atoms with Crippen LogP contribution in [-0.4, -0.2) is 29.0 Å². The standard InChI is InChI=1S/C21H28ClFN4O2S/c1-3-5-11-27(12-6-4-2)14-16-8-10-19(29-16)20(28)25-26-21(30)24-15-7-9-18(23)17(22)13-15/h7-10,13H,3-6,11-12,14H2,1-2H3,(H,25,28)(H2,24,26,30). The molecule has 30 heavy (non-hydrogen) atoms. The molecule has 3 N–H and O–H groups in total. The number of unbranched alkanes of at least 4 members (excludes halogenated alkanes) is 2. The van der Waals surface area contributed by atoms with Gasteiger partial charge in [0.1, 0.15) is 11.6 Å². The van der Waals surface area contributed by atoms with Gasteiger partial charge in [-0.25, -0.2) is 4.39 Å². The Morgan fingerprint density at radius 3 is 2.47 bits per heavy atom. The maximum Gasteiger partial charge on any atom is 0.305 e. The van der Waals surface area contributed by atoms with Gasteiger partial charge < -0.3 is 9.73 Å². The van der Waals surface area contributed by atoms with Gasteiger partial charge >= 0.3 is 5.91 Å². The van der Waals surface area contributed by atoms with E-state index >= 15 is 0 Å². The predicted octanol–water partition coefficient (Wildman–Crippen LogP) is 5.11. The summed E-state index contributed by atoms with van der Waals surface area (Å²) in [6.45, 7) is 7.03. The van der Waals surface area contributed by atoms with Crippen molar-refractivity contribution in [1.29, 1.82) is 0 Å². The molecule has 0 aliphatic carbocycles. The normalized spacial score (nSPS) is 10.8. The van der Waals surface area contributed by atoms with E-state index in [1.54, 1.807) is 6.07 Å². The number of benzene rings is 1. The number of halogens is 2. The van der Waals surface area contributed by atoms with Crippen molar-refractivity contribution in [1.82, 2.24) is 15.8 Å². The highest BCUT2D eigenvalue weighted by molar-refractivity contribution is 7.80. The topological polar surface area (TPSA) is 69.5 Å². The molecule has 1 aromatic heterocycles. The quantitative estimate of drug-likeness (QED) is 0.342. The van der Waals surface area contributed by atoms with Crippen LogP contribution in [0.5, 0.6) is 0 Å². The van der Waals surface area contributed by atoms with Gasteiger partial charge in [0.2, 0.25) is 0 Å². The van der Waals surface area contributed by atoms with Gasteiger partial charge in [0.25, 0.3) is 0 Å². The van der Waals surface area contributed by atoms with E-state index in [1.807, 2.05) is 6.07 Å². The lowest BCUT2D eigenvalue weighted by molar-refractivity contribution is 0.0912. The SMILES string of the molecule is CCCCN(CCCC)Cc1ccc(C(=O)NNC(=S)Nc2ccc(F)c(Cl)c2)o1. The van der Waals surface area contributed by atoms with E-state index in [9.17, 15) is 9.18 Å². The molecule has 0 aliphatic rings. The zero-order chi connectivity index (χ0) is 21.9. The molecule has 0 saturated heterocycles. The van der Waals surface area contributed by atoms with Gasteiger partial charge in [-0.15, -0.1) is 0 Å². The molecule has 0 saturated carbocycles. The first-order valence-electron chi connectivity index (χ1n) is 10.1. The molecule has 1 aromatic carbocycles. The van der Waals surface area contributed by atoms with Gasteiger partial charge in [-0.2, -0.15) is 0 Å². The molecule has 0 atom stereocenters. The predicted molar refractivity (Wildman–Crippen MR) is 122 cm³/mol. The summed E-state index contributed by atoms with van der Waals surface area (Å²) in [4.78, 5) is 14.7. The zero-order valence-corrected chi connectivity index (χ0v) is 18.8. The lowest BCUT2D eigenvalue weighted by Crippen LogP contribution is -2.43. The molecular formula is C21H28ClFN4O2S. The molecule has 6 nitrogen and oxygen atoms in total. The first kappa shape index (κ1) is 24.1. The van der Waals surface area contributed by atoms with Crippen molar-refractivity contribution in [2.45, 2.75) is 46.1 Å². The number of hydrogen-bond donors (Lipinski definition) is 3. The summed E-state index contributed by atoms with van der Waals surface area (Å²) < 4.78 is 18.9. The third-order valence-corrected chi connectivity index (χ3v) is 4.88. The summed E-state index contributed by atoms with van der Waals surface area (Å²) in [5.74, 6) is -0.0350. The largest absolute Gasteiger partial charge is 0.454 e. The maximum absolute atomic E-state index is 13.2. The molecule has 1 heterocycles. The van der Waals surface area contributed by atoms with E-state index in [1.165, 1.54) is 18.2 Å². The Hall–Kier alpha value is -2.16. The number of thiocarbonyl (C=S) groups is 1. The van der Waals surface area contributed by atoms with E-state index in [2.05, 4.69) is 34.9 Å². The highest BCUT2D eigenvalue weighted by Gasteiger charge is 2.14. The van der Waals surface area contributed by atoms with E-state index < -0.39 is 11.7 Å². The fourth-order valence-electron chi connectivity index (χ4n) is 2.75. The molecule has 0 aliphatic heterocycles. The second-order valence-electron chi connectivity index (χ2n) is 6.91. The van der Waals surface area contributed by atoms with Gasteiger partial charge in [-0.1, -0.05) is 38.3 Å². The van der Waals surface area contributed by atoms with Crippen LogP contribution in [-0.2, 0) is 6.54 Å². The third kappa shape index (κ3) is 7.93. The smallest absolute Gasteiger partial charge is 0.305 e. The monoisotopic (exact) mass is 454 g/mol. The van der Waals surface area contributed by atoms with E-state index in [0.29, 0.717) is 12.2 Å². The van der Waals surface area contributed by atoms with Crippen molar-refractivity contribution >= 4 is 40.5 Å². The Morgan fingerprint density at radius 2 is 1.83 bits per heavy atom. The zero-order valence-electron chi connectivity index (χ0n) is 17.3. The van der Waals surface area contributed by atoms with Crippen LogP contribution in [0.25, 0.3) is 0 Å². The lowest BCUT2D eigenvalue weighted by atomic mass is 10.2. The van der Waals surface area contributed by atoms with Crippen LogP contribution in [0.4, 0.5) is 10.1 Å². The van der Waals surface area contributed by atoms with Crippen LogP contribution in [0, 0.1) is 5.82 Å². The summed E-state index contributed by atoms with van der Waals surface area (Å²) in [7, 11) is 0. The number of anilines is 1. The Balaban J connectivity index is 1.84. The molecule has 2 rings (SSSR count). The first-order chi connectivity index (χ1) is 14.4. The summed E-state index contributed by atoms with van der Waals surface area (Å²) in [5, 5.41) is 2.91. The van der Waals surface area contributed by atoms with Crippen molar-refractivity contribution in [3.05, 3.63) is 52.7 Å². The Morgan fingerprint density at radius 1 is 1.13 bits per heavy atom. The average molecular weight is 455 g/mol. The summed E-state index contributed by atoms with van der Waals surface area (Å²) in [5.41, 5.74) is 5.55. The minimum Gasteiger partial charge on any atom is -0.454 e. The van der Waals surface area contributed by atoms with Crippen molar-refractivity contribution in [3.63, 3.8) is 0 Å². The molecule has 0 bridgehead atoms. The highest BCUT2D eigenvalue weighted by atomic mass is 35.5. The minimum atomic E-state index is -0.522.